The van der Waals surface area contributed by atoms with E-state index in [0.29, 0.717) is 11.6 Å². The highest BCUT2D eigenvalue weighted by Crippen LogP contribution is 2.34. The molecule has 0 saturated carbocycles. The van der Waals surface area contributed by atoms with Gasteiger partial charge in [0.2, 0.25) is 0 Å². The maximum atomic E-state index is 14.1. The highest BCUT2D eigenvalue weighted by atomic mass is 32.1. The first kappa shape index (κ1) is 16.2. The van der Waals surface area contributed by atoms with Crippen LogP contribution in [0.25, 0.3) is 10.4 Å². The predicted molar refractivity (Wildman–Crippen MR) is 90.4 cm³/mol. The molecule has 1 aromatic carbocycles. The first-order chi connectivity index (χ1) is 10.2. The molecule has 2 aromatic rings. The highest BCUT2D eigenvalue weighted by Gasteiger charge is 2.14. The van der Waals surface area contributed by atoms with Gasteiger partial charge in [-0.2, -0.15) is 0 Å². The van der Waals surface area contributed by atoms with Crippen LogP contribution < -0.4 is 5.32 Å². The Labute approximate surface area is 131 Å². The molecule has 0 radical (unpaired) electrons. The van der Waals surface area contributed by atoms with Crippen LogP contribution in [-0.2, 0) is 0 Å². The van der Waals surface area contributed by atoms with Crippen LogP contribution in [-0.4, -0.2) is 6.54 Å². The van der Waals surface area contributed by atoms with Crippen molar-refractivity contribution >= 4 is 11.3 Å². The fourth-order valence-electron chi connectivity index (χ4n) is 2.46. The van der Waals surface area contributed by atoms with Crippen molar-refractivity contribution in [3.05, 3.63) is 46.6 Å². The molecule has 1 N–H and O–H groups in total. The molecule has 2 rings (SSSR count). The molecule has 3 heteroatoms. The van der Waals surface area contributed by atoms with Gasteiger partial charge in [0.25, 0.3) is 0 Å². The lowest BCUT2D eigenvalue weighted by atomic mass is 10.1. The van der Waals surface area contributed by atoms with Gasteiger partial charge in [-0.05, 0) is 50.1 Å². The number of thiophene rings is 1. The molecule has 0 spiro atoms. The molecular weight excluding hydrogens is 281 g/mol. The van der Waals surface area contributed by atoms with Gasteiger partial charge in [0.1, 0.15) is 5.82 Å². The van der Waals surface area contributed by atoms with Gasteiger partial charge in [-0.3, -0.25) is 0 Å². The van der Waals surface area contributed by atoms with Crippen molar-refractivity contribution in [3.8, 4) is 10.4 Å². The summed E-state index contributed by atoms with van der Waals surface area (Å²) < 4.78 is 14.1. The lowest BCUT2D eigenvalue weighted by molar-refractivity contribution is 0.501. The van der Waals surface area contributed by atoms with Crippen LogP contribution in [0.3, 0.4) is 0 Å². The molecule has 114 valence electrons. The van der Waals surface area contributed by atoms with Crippen LogP contribution in [0.5, 0.6) is 0 Å². The van der Waals surface area contributed by atoms with Crippen molar-refractivity contribution in [2.45, 2.75) is 46.1 Å². The van der Waals surface area contributed by atoms with Gasteiger partial charge in [-0.25, -0.2) is 4.39 Å². The van der Waals surface area contributed by atoms with E-state index in [1.54, 1.807) is 17.4 Å². The zero-order valence-corrected chi connectivity index (χ0v) is 13.9. The van der Waals surface area contributed by atoms with E-state index in [-0.39, 0.29) is 5.82 Å². The molecule has 0 aliphatic rings. The van der Waals surface area contributed by atoms with E-state index < -0.39 is 0 Å². The van der Waals surface area contributed by atoms with Crippen LogP contribution in [0.4, 0.5) is 4.39 Å². The number of hydrogen-bond donors (Lipinski definition) is 1. The van der Waals surface area contributed by atoms with Gasteiger partial charge < -0.3 is 5.32 Å². The monoisotopic (exact) mass is 305 g/mol. The third-order valence-electron chi connectivity index (χ3n) is 3.58. The molecule has 1 unspecified atom stereocenters. The SMILES string of the molecule is CCCNC(CCC)c1ccc(-c2ccc(C)cc2F)s1. The molecular formula is C18H24FNS. The van der Waals surface area contributed by atoms with Crippen molar-refractivity contribution in [2.24, 2.45) is 0 Å². The average Bonchev–Trinajstić information content (AvgIpc) is 2.93. The van der Waals surface area contributed by atoms with Crippen molar-refractivity contribution in [1.82, 2.24) is 5.32 Å². The van der Waals surface area contributed by atoms with E-state index in [9.17, 15) is 4.39 Å². The van der Waals surface area contributed by atoms with Gasteiger partial charge in [-0.15, -0.1) is 11.3 Å². The molecule has 1 nitrogen and oxygen atoms in total. The zero-order chi connectivity index (χ0) is 15.2. The molecule has 1 atom stereocenters. The second-order valence-electron chi connectivity index (χ2n) is 5.48. The standard InChI is InChI=1S/C18H24FNS/c1-4-6-16(20-11-5-2)18-10-9-17(21-18)14-8-7-13(3)12-15(14)19/h7-10,12,16,20H,4-6,11H2,1-3H3. The third kappa shape index (κ3) is 4.14. The third-order valence-corrected chi connectivity index (χ3v) is 4.81. The van der Waals surface area contributed by atoms with Crippen molar-refractivity contribution in [1.29, 1.82) is 0 Å². The van der Waals surface area contributed by atoms with E-state index in [1.807, 2.05) is 25.1 Å². The smallest absolute Gasteiger partial charge is 0.132 e. The summed E-state index contributed by atoms with van der Waals surface area (Å²) in [6.45, 7) is 7.32. The van der Waals surface area contributed by atoms with Crippen molar-refractivity contribution in [3.63, 3.8) is 0 Å². The number of nitrogens with one attached hydrogen (secondary N) is 1. The number of aryl methyl sites for hydroxylation is 1. The molecule has 0 aliphatic carbocycles. The summed E-state index contributed by atoms with van der Waals surface area (Å²) in [6, 6.07) is 10.0. The minimum Gasteiger partial charge on any atom is -0.309 e. The number of hydrogen-bond acceptors (Lipinski definition) is 2. The van der Waals surface area contributed by atoms with Gasteiger partial charge in [0.05, 0.1) is 0 Å². The quantitative estimate of drug-likeness (QED) is 0.691. The van der Waals surface area contributed by atoms with Crippen molar-refractivity contribution < 1.29 is 4.39 Å². The Balaban J connectivity index is 2.22. The Bertz CT molecular complexity index is 576. The molecule has 21 heavy (non-hydrogen) atoms. The first-order valence-corrected chi connectivity index (χ1v) is 8.57. The summed E-state index contributed by atoms with van der Waals surface area (Å²) in [5.41, 5.74) is 1.67. The second kappa shape index (κ2) is 7.71. The molecule has 0 bridgehead atoms. The maximum absolute atomic E-state index is 14.1. The van der Waals surface area contributed by atoms with Crippen LogP contribution >= 0.6 is 11.3 Å². The minimum absolute atomic E-state index is 0.128. The van der Waals surface area contributed by atoms with E-state index in [1.165, 1.54) is 4.88 Å². The van der Waals surface area contributed by atoms with Crippen LogP contribution in [0.2, 0.25) is 0 Å². The Morgan fingerprint density at radius 3 is 2.62 bits per heavy atom. The lowest BCUT2D eigenvalue weighted by Crippen LogP contribution is -2.21. The Kier molecular flexibility index (Phi) is 5.95. The van der Waals surface area contributed by atoms with E-state index in [2.05, 4.69) is 25.2 Å². The molecule has 0 amide bonds. The molecule has 0 saturated heterocycles. The number of benzene rings is 1. The van der Waals surface area contributed by atoms with Crippen LogP contribution in [0, 0.1) is 12.7 Å². The van der Waals surface area contributed by atoms with E-state index in [4.69, 9.17) is 0 Å². The fraction of sp³-hybridized carbons (Fsp3) is 0.444. The van der Waals surface area contributed by atoms with E-state index >= 15 is 0 Å². The van der Waals surface area contributed by atoms with Gasteiger partial charge in [0, 0.05) is 21.4 Å². The minimum atomic E-state index is -0.128. The number of rotatable bonds is 7. The van der Waals surface area contributed by atoms with Gasteiger partial charge in [0.15, 0.2) is 0 Å². The molecule has 0 fully saturated rings. The summed E-state index contributed by atoms with van der Waals surface area (Å²) in [4.78, 5) is 2.32. The maximum Gasteiger partial charge on any atom is 0.132 e. The summed E-state index contributed by atoms with van der Waals surface area (Å²) in [6.07, 6.45) is 3.40. The first-order valence-electron chi connectivity index (χ1n) is 7.75. The molecule has 1 aromatic heterocycles. The summed E-state index contributed by atoms with van der Waals surface area (Å²) >= 11 is 1.70. The lowest BCUT2D eigenvalue weighted by Gasteiger charge is -2.16. The largest absolute Gasteiger partial charge is 0.309 e. The Hall–Kier alpha value is -1.19. The molecule has 0 aliphatic heterocycles. The average molecular weight is 305 g/mol. The second-order valence-corrected chi connectivity index (χ2v) is 6.60. The van der Waals surface area contributed by atoms with E-state index in [0.717, 1.165) is 36.2 Å². The van der Waals surface area contributed by atoms with Crippen molar-refractivity contribution in [2.75, 3.05) is 6.54 Å². The Morgan fingerprint density at radius 1 is 1.14 bits per heavy atom. The predicted octanol–water partition coefficient (Wildman–Crippen LogP) is 5.70. The number of halogens is 1. The summed E-state index contributed by atoms with van der Waals surface area (Å²) in [5.74, 6) is -0.128. The highest BCUT2D eigenvalue weighted by molar-refractivity contribution is 7.15. The Morgan fingerprint density at radius 2 is 1.95 bits per heavy atom. The fourth-order valence-corrected chi connectivity index (χ4v) is 3.60. The zero-order valence-electron chi connectivity index (χ0n) is 13.1. The van der Waals surface area contributed by atoms with Gasteiger partial charge in [-0.1, -0.05) is 32.4 Å². The van der Waals surface area contributed by atoms with Gasteiger partial charge >= 0.3 is 0 Å². The van der Waals surface area contributed by atoms with Crippen LogP contribution in [0.1, 0.15) is 49.6 Å². The molecule has 1 heterocycles. The topological polar surface area (TPSA) is 12.0 Å². The van der Waals surface area contributed by atoms with Crippen LogP contribution in [0.15, 0.2) is 30.3 Å². The summed E-state index contributed by atoms with van der Waals surface area (Å²) in [5, 5.41) is 3.59. The summed E-state index contributed by atoms with van der Waals surface area (Å²) in [7, 11) is 0. The normalized spacial score (nSPS) is 12.6.